The molecule has 0 aliphatic heterocycles. The largest absolute Gasteiger partial charge is 0.382 e. The third-order valence-corrected chi connectivity index (χ3v) is 1.46. The summed E-state index contributed by atoms with van der Waals surface area (Å²) in [6.07, 6.45) is 0.239. The molecular weight excluding hydrogens is 136 g/mol. The maximum atomic E-state index is 5.23. The van der Waals surface area contributed by atoms with E-state index in [0.717, 1.165) is 5.75 Å². The van der Waals surface area contributed by atoms with Gasteiger partial charge in [-0.3, -0.25) is 0 Å². The molecule has 0 aromatic heterocycles. The zero-order chi connectivity index (χ0) is 7.11. The molecule has 0 N–H and O–H groups in total. The monoisotopic (exact) mass is 150 g/mol. The Hall–Kier alpha value is 0.270. The second kappa shape index (κ2) is 6.39. The second-order valence-electron chi connectivity index (χ2n) is 1.86. The Kier molecular flexibility index (Phi) is 6.58. The van der Waals surface area contributed by atoms with E-state index in [2.05, 4.69) is 12.6 Å². The van der Waals surface area contributed by atoms with Crippen molar-refractivity contribution in [1.29, 1.82) is 0 Å². The summed E-state index contributed by atoms with van der Waals surface area (Å²) in [6.45, 7) is 3.32. The molecule has 56 valence electrons. The molecule has 0 fully saturated rings. The Morgan fingerprint density at radius 2 is 2.11 bits per heavy atom. The fourth-order valence-corrected chi connectivity index (χ4v) is 0.491. The summed E-state index contributed by atoms with van der Waals surface area (Å²) in [7, 11) is 1.66. The lowest BCUT2D eigenvalue weighted by atomic mass is 10.5. The number of hydrogen-bond donors (Lipinski definition) is 1. The first-order chi connectivity index (χ1) is 4.31. The Labute approximate surface area is 61.9 Å². The van der Waals surface area contributed by atoms with Gasteiger partial charge in [-0.1, -0.05) is 0 Å². The van der Waals surface area contributed by atoms with Gasteiger partial charge in [-0.25, -0.2) is 0 Å². The summed E-state index contributed by atoms with van der Waals surface area (Å²) in [5.41, 5.74) is 0. The van der Waals surface area contributed by atoms with Gasteiger partial charge in [0.25, 0.3) is 0 Å². The minimum atomic E-state index is 0.239. The van der Waals surface area contributed by atoms with Gasteiger partial charge in [0, 0.05) is 12.9 Å². The number of ether oxygens (including phenoxy) is 2. The predicted octanol–water partition coefficient (Wildman–Crippen LogP) is 0.968. The molecule has 0 aliphatic carbocycles. The summed E-state index contributed by atoms with van der Waals surface area (Å²) in [6, 6.07) is 0. The normalized spacial score (nSPS) is 13.7. The number of methoxy groups -OCH3 is 1. The fourth-order valence-electron chi connectivity index (χ4n) is 0.385. The first kappa shape index (κ1) is 9.27. The molecule has 0 saturated carbocycles. The first-order valence-corrected chi connectivity index (χ1v) is 3.66. The van der Waals surface area contributed by atoms with Crippen LogP contribution in [0.15, 0.2) is 0 Å². The van der Waals surface area contributed by atoms with Gasteiger partial charge in [0.2, 0.25) is 0 Å². The summed E-state index contributed by atoms with van der Waals surface area (Å²) < 4.78 is 10.0. The van der Waals surface area contributed by atoms with Crippen LogP contribution in [0.25, 0.3) is 0 Å². The molecule has 0 heterocycles. The molecule has 0 unspecified atom stereocenters. The molecule has 0 aromatic carbocycles. The van der Waals surface area contributed by atoms with E-state index in [4.69, 9.17) is 9.47 Å². The van der Waals surface area contributed by atoms with Crippen LogP contribution in [0.3, 0.4) is 0 Å². The van der Waals surface area contributed by atoms with Crippen LogP contribution in [0.5, 0.6) is 0 Å². The van der Waals surface area contributed by atoms with Crippen molar-refractivity contribution in [2.75, 3.05) is 26.1 Å². The molecule has 0 amide bonds. The quantitative estimate of drug-likeness (QED) is 0.465. The highest BCUT2D eigenvalue weighted by molar-refractivity contribution is 7.80. The van der Waals surface area contributed by atoms with Crippen molar-refractivity contribution in [3.63, 3.8) is 0 Å². The minimum Gasteiger partial charge on any atom is -0.382 e. The average molecular weight is 150 g/mol. The summed E-state index contributed by atoms with van der Waals surface area (Å²) in [5, 5.41) is 0. The molecule has 0 aliphatic rings. The van der Waals surface area contributed by atoms with Crippen molar-refractivity contribution in [3.8, 4) is 0 Å². The molecule has 0 aromatic rings. The van der Waals surface area contributed by atoms with Crippen molar-refractivity contribution in [2.24, 2.45) is 0 Å². The molecule has 0 rings (SSSR count). The standard InChI is InChI=1S/C6H14O2S/c1-6(5-9)8-4-3-7-2/h6,9H,3-5H2,1-2H3/t6-/m0/s1. The van der Waals surface area contributed by atoms with Gasteiger partial charge in [0.1, 0.15) is 0 Å². The second-order valence-corrected chi connectivity index (χ2v) is 2.22. The van der Waals surface area contributed by atoms with Crippen LogP contribution in [0.2, 0.25) is 0 Å². The van der Waals surface area contributed by atoms with Gasteiger partial charge in [-0.2, -0.15) is 12.6 Å². The van der Waals surface area contributed by atoms with E-state index in [9.17, 15) is 0 Å². The molecule has 0 saturated heterocycles. The smallest absolute Gasteiger partial charge is 0.0704 e. The third kappa shape index (κ3) is 6.15. The highest BCUT2D eigenvalue weighted by Gasteiger charge is 1.95. The topological polar surface area (TPSA) is 18.5 Å². The molecule has 1 atom stereocenters. The highest BCUT2D eigenvalue weighted by Crippen LogP contribution is 1.91. The van der Waals surface area contributed by atoms with E-state index in [-0.39, 0.29) is 6.10 Å². The van der Waals surface area contributed by atoms with Crippen LogP contribution in [0, 0.1) is 0 Å². The third-order valence-electron chi connectivity index (χ3n) is 0.947. The Morgan fingerprint density at radius 3 is 2.56 bits per heavy atom. The van der Waals surface area contributed by atoms with Crippen LogP contribution < -0.4 is 0 Å². The summed E-state index contributed by atoms with van der Waals surface area (Å²) >= 11 is 4.05. The molecule has 0 spiro atoms. The molecule has 9 heavy (non-hydrogen) atoms. The van der Waals surface area contributed by atoms with Gasteiger partial charge < -0.3 is 9.47 Å². The molecule has 0 bridgehead atoms. The van der Waals surface area contributed by atoms with Crippen LogP contribution in [-0.2, 0) is 9.47 Å². The first-order valence-electron chi connectivity index (χ1n) is 3.02. The van der Waals surface area contributed by atoms with Crippen molar-refractivity contribution in [2.45, 2.75) is 13.0 Å². The lowest BCUT2D eigenvalue weighted by Crippen LogP contribution is -2.13. The highest BCUT2D eigenvalue weighted by atomic mass is 32.1. The Balaban J connectivity index is 2.88. The van der Waals surface area contributed by atoms with E-state index in [1.54, 1.807) is 7.11 Å². The molecule has 0 radical (unpaired) electrons. The van der Waals surface area contributed by atoms with E-state index in [1.165, 1.54) is 0 Å². The van der Waals surface area contributed by atoms with Crippen LogP contribution in [0.4, 0.5) is 0 Å². The summed E-state index contributed by atoms with van der Waals surface area (Å²) in [5.74, 6) is 0.768. The minimum absolute atomic E-state index is 0.239. The van der Waals surface area contributed by atoms with Crippen molar-refractivity contribution in [3.05, 3.63) is 0 Å². The van der Waals surface area contributed by atoms with E-state index >= 15 is 0 Å². The van der Waals surface area contributed by atoms with Crippen LogP contribution in [-0.4, -0.2) is 32.2 Å². The van der Waals surface area contributed by atoms with Crippen molar-refractivity contribution in [1.82, 2.24) is 0 Å². The van der Waals surface area contributed by atoms with Crippen LogP contribution >= 0.6 is 12.6 Å². The van der Waals surface area contributed by atoms with Gasteiger partial charge in [-0.15, -0.1) is 0 Å². The number of thiol groups is 1. The average Bonchev–Trinajstić information content (AvgIpc) is 1.89. The molecule has 3 heteroatoms. The molecular formula is C6H14O2S. The van der Waals surface area contributed by atoms with Gasteiger partial charge in [0.15, 0.2) is 0 Å². The van der Waals surface area contributed by atoms with Crippen LogP contribution in [0.1, 0.15) is 6.92 Å². The zero-order valence-corrected chi connectivity index (χ0v) is 6.86. The lowest BCUT2D eigenvalue weighted by Gasteiger charge is -2.08. The predicted molar refractivity (Wildman–Crippen MR) is 41.1 cm³/mol. The van der Waals surface area contributed by atoms with Crippen molar-refractivity contribution >= 4 is 12.6 Å². The summed E-state index contributed by atoms with van der Waals surface area (Å²) in [4.78, 5) is 0. The van der Waals surface area contributed by atoms with E-state index < -0.39 is 0 Å². The van der Waals surface area contributed by atoms with E-state index in [0.29, 0.717) is 13.2 Å². The number of hydrogen-bond acceptors (Lipinski definition) is 3. The van der Waals surface area contributed by atoms with Crippen molar-refractivity contribution < 1.29 is 9.47 Å². The SMILES string of the molecule is COCCO[C@@H](C)CS. The Bertz CT molecular complexity index is 59.0. The molecule has 2 nitrogen and oxygen atoms in total. The van der Waals surface area contributed by atoms with Gasteiger partial charge in [0.05, 0.1) is 19.3 Å². The van der Waals surface area contributed by atoms with Gasteiger partial charge in [-0.05, 0) is 6.92 Å². The zero-order valence-electron chi connectivity index (χ0n) is 5.96. The maximum Gasteiger partial charge on any atom is 0.0704 e. The van der Waals surface area contributed by atoms with Gasteiger partial charge >= 0.3 is 0 Å². The van der Waals surface area contributed by atoms with E-state index in [1.807, 2.05) is 6.92 Å². The lowest BCUT2D eigenvalue weighted by molar-refractivity contribution is 0.0374. The maximum absolute atomic E-state index is 5.23. The fraction of sp³-hybridized carbons (Fsp3) is 1.00. The Morgan fingerprint density at radius 1 is 1.44 bits per heavy atom. The number of rotatable bonds is 5.